The van der Waals surface area contributed by atoms with Crippen molar-refractivity contribution in [1.29, 1.82) is 0 Å². The fraction of sp³-hybridized carbons (Fsp3) is 0. The van der Waals surface area contributed by atoms with Crippen molar-refractivity contribution in [2.75, 3.05) is 0 Å². The lowest BCUT2D eigenvalue weighted by molar-refractivity contribution is 1.82. The van der Waals surface area contributed by atoms with Crippen LogP contribution in [0.25, 0.3) is 22.3 Å². The normalized spacial score (nSPS) is 10.7. The molecule has 0 saturated heterocycles. The molecule has 0 nitrogen and oxygen atoms in total. The van der Waals surface area contributed by atoms with Crippen LogP contribution >= 0.6 is 11.3 Å². The third-order valence-corrected chi connectivity index (χ3v) is 3.27. The molecule has 0 aromatic carbocycles. The zero-order valence-electron chi connectivity index (χ0n) is 8.18. The number of thiophene rings is 1. The molecular formula is C14H10S. The predicted molar refractivity (Wildman–Crippen MR) is 66.4 cm³/mol. The van der Waals surface area contributed by atoms with Crippen LogP contribution in [0.1, 0.15) is 0 Å². The highest BCUT2D eigenvalue weighted by Gasteiger charge is 2.06. The van der Waals surface area contributed by atoms with Crippen molar-refractivity contribution in [2.45, 2.75) is 0 Å². The lowest BCUT2D eigenvalue weighted by atomic mass is 10.2. The van der Waals surface area contributed by atoms with E-state index in [0.717, 1.165) is 0 Å². The molecule has 0 saturated carbocycles. The van der Waals surface area contributed by atoms with Gasteiger partial charge in [0.1, 0.15) is 0 Å². The number of hydrogen-bond donors (Lipinski definition) is 0. The molecular weight excluding hydrogens is 200 g/mol. The van der Waals surface area contributed by atoms with Gasteiger partial charge in [0.25, 0.3) is 0 Å². The Bertz CT molecular complexity index is 506. The third kappa shape index (κ3) is 1.55. The maximum absolute atomic E-state index is 2.25. The average molecular weight is 210 g/mol. The van der Waals surface area contributed by atoms with Gasteiger partial charge in [-0.25, -0.2) is 0 Å². The molecule has 15 heavy (non-hydrogen) atoms. The molecule has 3 rings (SSSR count). The highest BCUT2D eigenvalue weighted by molar-refractivity contribution is 7.08. The predicted octanol–water partition coefficient (Wildman–Crippen LogP) is 4.52. The molecule has 1 aromatic rings. The van der Waals surface area contributed by atoms with E-state index in [-0.39, 0.29) is 0 Å². The van der Waals surface area contributed by atoms with E-state index in [9.17, 15) is 0 Å². The lowest BCUT2D eigenvalue weighted by Crippen LogP contribution is -1.61. The van der Waals surface area contributed by atoms with Crippen molar-refractivity contribution in [3.05, 3.63) is 59.3 Å². The van der Waals surface area contributed by atoms with E-state index < -0.39 is 0 Å². The van der Waals surface area contributed by atoms with Crippen LogP contribution in [-0.2, 0) is 0 Å². The van der Waals surface area contributed by atoms with E-state index >= 15 is 0 Å². The molecule has 0 atom stereocenters. The van der Waals surface area contributed by atoms with Crippen LogP contribution in [0.2, 0.25) is 0 Å². The van der Waals surface area contributed by atoms with Crippen molar-refractivity contribution in [1.82, 2.24) is 0 Å². The van der Waals surface area contributed by atoms with E-state index in [1.165, 1.54) is 22.3 Å². The van der Waals surface area contributed by atoms with Gasteiger partial charge in [0.05, 0.1) is 0 Å². The van der Waals surface area contributed by atoms with E-state index in [1.54, 1.807) is 11.3 Å². The fourth-order valence-electron chi connectivity index (χ4n) is 1.81. The molecule has 1 heterocycles. The van der Waals surface area contributed by atoms with E-state index in [1.807, 2.05) is 0 Å². The molecule has 0 bridgehead atoms. The second-order valence-corrected chi connectivity index (χ2v) is 4.36. The number of rotatable bonds is 1. The van der Waals surface area contributed by atoms with Gasteiger partial charge in [0.15, 0.2) is 0 Å². The van der Waals surface area contributed by atoms with Gasteiger partial charge in [0.2, 0.25) is 0 Å². The summed E-state index contributed by atoms with van der Waals surface area (Å²) in [5.74, 6) is 0. The fourth-order valence-corrected chi connectivity index (χ4v) is 2.48. The van der Waals surface area contributed by atoms with Gasteiger partial charge in [-0.2, -0.15) is 11.3 Å². The maximum atomic E-state index is 2.25. The average Bonchev–Trinajstić information content (AvgIpc) is 2.84. The van der Waals surface area contributed by atoms with Gasteiger partial charge in [-0.05, 0) is 51.2 Å². The monoisotopic (exact) mass is 210 g/mol. The van der Waals surface area contributed by atoms with E-state index in [4.69, 9.17) is 0 Å². The van der Waals surface area contributed by atoms with Gasteiger partial charge in [0, 0.05) is 0 Å². The first-order valence-electron chi connectivity index (χ1n) is 4.95. The minimum absolute atomic E-state index is 1.31. The van der Waals surface area contributed by atoms with Crippen LogP contribution in [0.15, 0.2) is 59.3 Å². The molecule has 0 N–H and O–H groups in total. The zero-order valence-corrected chi connectivity index (χ0v) is 9.00. The van der Waals surface area contributed by atoms with Crippen LogP contribution in [-0.4, -0.2) is 0 Å². The molecule has 2 aliphatic rings. The topological polar surface area (TPSA) is 0 Å². The lowest BCUT2D eigenvalue weighted by Gasteiger charge is -1.87. The van der Waals surface area contributed by atoms with Crippen LogP contribution < -0.4 is 0 Å². The molecule has 72 valence electrons. The highest BCUT2D eigenvalue weighted by atomic mass is 32.1. The summed E-state index contributed by atoms with van der Waals surface area (Å²) in [6.07, 6.45) is 0. The standard InChI is InChI=1S/C14H10S/c1-2-4-11-8-14(9-12(11)5-3-1)13-6-7-15-10-13/h1-10H. The summed E-state index contributed by atoms with van der Waals surface area (Å²) in [7, 11) is 0. The second kappa shape index (κ2) is 3.52. The SMILES string of the molecule is c1ccc2cc(-c3ccsc3)cc-2cc1. The number of fused-ring (bicyclic) bond motifs is 1. The second-order valence-electron chi connectivity index (χ2n) is 3.58. The Morgan fingerprint density at radius 3 is 2.00 bits per heavy atom. The van der Waals surface area contributed by atoms with Crippen LogP contribution in [0.3, 0.4) is 0 Å². The van der Waals surface area contributed by atoms with Gasteiger partial charge in [-0.1, -0.05) is 30.3 Å². The summed E-state index contributed by atoms with van der Waals surface area (Å²) >= 11 is 1.74. The van der Waals surface area contributed by atoms with Crippen LogP contribution in [0, 0.1) is 0 Å². The highest BCUT2D eigenvalue weighted by Crippen LogP contribution is 2.32. The Hall–Kier alpha value is -1.60. The van der Waals surface area contributed by atoms with E-state index in [0.29, 0.717) is 0 Å². The van der Waals surface area contributed by atoms with Crippen molar-refractivity contribution in [3.8, 4) is 22.3 Å². The smallest absolute Gasteiger partial charge is 0.00147 e. The molecule has 0 spiro atoms. The first-order valence-corrected chi connectivity index (χ1v) is 5.89. The Balaban J connectivity index is 2.20. The first kappa shape index (κ1) is 8.69. The van der Waals surface area contributed by atoms with Crippen molar-refractivity contribution < 1.29 is 0 Å². The zero-order chi connectivity index (χ0) is 10.1. The van der Waals surface area contributed by atoms with Gasteiger partial charge in [-0.3, -0.25) is 0 Å². The third-order valence-electron chi connectivity index (χ3n) is 2.58. The summed E-state index contributed by atoms with van der Waals surface area (Å²) in [6, 6.07) is 17.2. The van der Waals surface area contributed by atoms with Crippen LogP contribution in [0.4, 0.5) is 0 Å². The Kier molecular flexibility index (Phi) is 2.04. The molecule has 0 aliphatic heterocycles. The molecule has 1 aromatic heterocycles. The first-order chi connectivity index (χ1) is 7.43. The quantitative estimate of drug-likeness (QED) is 0.554. The van der Waals surface area contributed by atoms with Crippen LogP contribution in [0.5, 0.6) is 0 Å². The molecule has 0 unspecified atom stereocenters. The molecule has 1 heteroatoms. The van der Waals surface area contributed by atoms with Crippen molar-refractivity contribution in [3.63, 3.8) is 0 Å². The molecule has 0 amide bonds. The van der Waals surface area contributed by atoms with E-state index in [2.05, 4.69) is 59.3 Å². The molecule has 0 fully saturated rings. The minimum atomic E-state index is 1.31. The van der Waals surface area contributed by atoms with Crippen molar-refractivity contribution in [2.24, 2.45) is 0 Å². The maximum Gasteiger partial charge on any atom is -0.00147 e. The summed E-state index contributed by atoms with van der Waals surface area (Å²) in [6.45, 7) is 0. The number of hydrogen-bond acceptors (Lipinski definition) is 1. The molecule has 0 radical (unpaired) electrons. The minimum Gasteiger partial charge on any atom is -0.152 e. The Morgan fingerprint density at radius 1 is 0.667 bits per heavy atom. The largest absolute Gasteiger partial charge is 0.152 e. The van der Waals surface area contributed by atoms with Gasteiger partial charge >= 0.3 is 0 Å². The summed E-state index contributed by atoms with van der Waals surface area (Å²) in [5.41, 5.74) is 5.25. The molecule has 2 aliphatic carbocycles. The Labute approximate surface area is 93.2 Å². The van der Waals surface area contributed by atoms with Crippen molar-refractivity contribution >= 4 is 11.3 Å². The van der Waals surface area contributed by atoms with Gasteiger partial charge < -0.3 is 0 Å². The summed E-state index contributed by atoms with van der Waals surface area (Å²) < 4.78 is 0. The Morgan fingerprint density at radius 2 is 1.40 bits per heavy atom. The van der Waals surface area contributed by atoms with Gasteiger partial charge in [-0.15, -0.1) is 0 Å². The summed E-state index contributed by atoms with van der Waals surface area (Å²) in [5, 5.41) is 4.31. The summed E-state index contributed by atoms with van der Waals surface area (Å²) in [4.78, 5) is 0.